The highest BCUT2D eigenvalue weighted by atomic mass is 19.1. The fraction of sp³-hybridized carbons (Fsp3) is 0.600. The highest BCUT2D eigenvalue weighted by molar-refractivity contribution is 5.30. The summed E-state index contributed by atoms with van der Waals surface area (Å²) in [6.45, 7) is 2.22. The van der Waals surface area contributed by atoms with Gasteiger partial charge in [-0.15, -0.1) is 0 Å². The fourth-order valence-corrected chi connectivity index (χ4v) is 2.46. The minimum atomic E-state index is -0.646. The van der Waals surface area contributed by atoms with Gasteiger partial charge in [0.1, 0.15) is 0 Å². The van der Waals surface area contributed by atoms with E-state index in [1.165, 1.54) is 38.2 Å². The normalized spacial score (nSPS) is 18.6. The standard InChI is InChI=1S/C15H21FO2/c1-11(17)13-7-8-15(14(16)9-13)18-10-12-5-3-2-4-6-12/h7-9,11-12,17H,2-6,10H2,1H3/t11-/m0/s1. The van der Waals surface area contributed by atoms with Gasteiger partial charge in [0.2, 0.25) is 0 Å². The maximum absolute atomic E-state index is 13.7. The first-order valence-corrected chi connectivity index (χ1v) is 6.77. The molecule has 1 aromatic carbocycles. The Kier molecular flexibility index (Phi) is 4.59. The zero-order chi connectivity index (χ0) is 13.0. The largest absolute Gasteiger partial charge is 0.490 e. The molecule has 3 heteroatoms. The molecule has 100 valence electrons. The van der Waals surface area contributed by atoms with Gasteiger partial charge in [0.25, 0.3) is 0 Å². The van der Waals surface area contributed by atoms with Crippen molar-refractivity contribution < 1.29 is 14.2 Å². The third-order valence-electron chi connectivity index (χ3n) is 3.64. The van der Waals surface area contributed by atoms with Gasteiger partial charge in [-0.1, -0.05) is 25.3 Å². The summed E-state index contributed by atoms with van der Waals surface area (Å²) in [5.74, 6) is 0.476. The average Bonchev–Trinajstić information content (AvgIpc) is 2.38. The summed E-state index contributed by atoms with van der Waals surface area (Å²) in [4.78, 5) is 0. The molecule has 0 aliphatic heterocycles. The monoisotopic (exact) mass is 252 g/mol. The summed E-state index contributed by atoms with van der Waals surface area (Å²) in [5.41, 5.74) is 0.581. The molecule has 1 atom stereocenters. The third-order valence-corrected chi connectivity index (χ3v) is 3.64. The lowest BCUT2D eigenvalue weighted by Crippen LogP contribution is -2.15. The quantitative estimate of drug-likeness (QED) is 0.882. The maximum atomic E-state index is 13.7. The van der Waals surface area contributed by atoms with Crippen LogP contribution in [0.2, 0.25) is 0 Å². The van der Waals surface area contributed by atoms with Crippen molar-refractivity contribution in [2.24, 2.45) is 5.92 Å². The van der Waals surface area contributed by atoms with Crippen molar-refractivity contribution in [1.82, 2.24) is 0 Å². The average molecular weight is 252 g/mol. The Morgan fingerprint density at radius 2 is 2.06 bits per heavy atom. The molecule has 1 N–H and O–H groups in total. The van der Waals surface area contributed by atoms with E-state index in [1.54, 1.807) is 19.1 Å². The van der Waals surface area contributed by atoms with Crippen molar-refractivity contribution in [1.29, 1.82) is 0 Å². The molecule has 1 saturated carbocycles. The van der Waals surface area contributed by atoms with Gasteiger partial charge in [-0.3, -0.25) is 0 Å². The van der Waals surface area contributed by atoms with Crippen LogP contribution in [0.4, 0.5) is 4.39 Å². The Morgan fingerprint density at radius 3 is 2.67 bits per heavy atom. The summed E-state index contributed by atoms with van der Waals surface area (Å²) in [6.07, 6.45) is 5.57. The van der Waals surface area contributed by atoms with Crippen LogP contribution in [0.1, 0.15) is 50.7 Å². The predicted molar refractivity (Wildman–Crippen MR) is 69.1 cm³/mol. The molecular weight excluding hydrogens is 231 g/mol. The van der Waals surface area contributed by atoms with E-state index in [4.69, 9.17) is 4.74 Å². The molecule has 1 aliphatic rings. The first kappa shape index (κ1) is 13.3. The molecule has 0 radical (unpaired) electrons. The van der Waals surface area contributed by atoms with E-state index in [0.29, 0.717) is 23.8 Å². The van der Waals surface area contributed by atoms with Crippen LogP contribution >= 0.6 is 0 Å². The van der Waals surface area contributed by atoms with Crippen molar-refractivity contribution >= 4 is 0 Å². The van der Waals surface area contributed by atoms with Crippen LogP contribution in [0, 0.1) is 11.7 Å². The van der Waals surface area contributed by atoms with Crippen LogP contribution in [0.15, 0.2) is 18.2 Å². The number of benzene rings is 1. The Bertz CT molecular complexity index is 384. The van der Waals surface area contributed by atoms with E-state index >= 15 is 0 Å². The van der Waals surface area contributed by atoms with Gasteiger partial charge >= 0.3 is 0 Å². The minimum absolute atomic E-state index is 0.296. The molecule has 0 amide bonds. The van der Waals surface area contributed by atoms with E-state index in [2.05, 4.69) is 0 Å². The first-order valence-electron chi connectivity index (χ1n) is 6.77. The molecule has 0 spiro atoms. The number of aliphatic hydroxyl groups excluding tert-OH is 1. The van der Waals surface area contributed by atoms with E-state index in [0.717, 1.165) is 0 Å². The van der Waals surface area contributed by atoms with Gasteiger partial charge < -0.3 is 9.84 Å². The van der Waals surface area contributed by atoms with Crippen LogP contribution in [-0.2, 0) is 0 Å². The lowest BCUT2D eigenvalue weighted by molar-refractivity contribution is 0.195. The summed E-state index contributed by atoms with van der Waals surface area (Å²) >= 11 is 0. The van der Waals surface area contributed by atoms with Crippen LogP contribution < -0.4 is 4.74 Å². The fourth-order valence-electron chi connectivity index (χ4n) is 2.46. The van der Waals surface area contributed by atoms with E-state index < -0.39 is 6.10 Å². The van der Waals surface area contributed by atoms with Crippen LogP contribution in [0.5, 0.6) is 5.75 Å². The molecule has 0 saturated heterocycles. The van der Waals surface area contributed by atoms with Gasteiger partial charge in [-0.05, 0) is 43.4 Å². The topological polar surface area (TPSA) is 29.5 Å². The highest BCUT2D eigenvalue weighted by Crippen LogP contribution is 2.26. The zero-order valence-corrected chi connectivity index (χ0v) is 10.9. The van der Waals surface area contributed by atoms with Crippen molar-refractivity contribution in [3.63, 3.8) is 0 Å². The van der Waals surface area contributed by atoms with Crippen LogP contribution in [0.3, 0.4) is 0 Å². The Labute approximate surface area is 108 Å². The molecule has 0 heterocycles. The molecule has 1 aliphatic carbocycles. The van der Waals surface area contributed by atoms with Gasteiger partial charge in [-0.2, -0.15) is 0 Å². The molecule has 0 aromatic heterocycles. The Hall–Kier alpha value is -1.09. The second-order valence-corrected chi connectivity index (χ2v) is 5.18. The number of halogens is 1. The van der Waals surface area contributed by atoms with Gasteiger partial charge in [0.15, 0.2) is 11.6 Å². The first-order chi connectivity index (χ1) is 8.66. The molecule has 1 aromatic rings. The smallest absolute Gasteiger partial charge is 0.165 e. The summed E-state index contributed by atoms with van der Waals surface area (Å²) < 4.78 is 19.3. The summed E-state index contributed by atoms with van der Waals surface area (Å²) in [5, 5.41) is 9.37. The predicted octanol–water partition coefficient (Wildman–Crippen LogP) is 3.84. The van der Waals surface area contributed by atoms with Crippen molar-refractivity contribution in [3.8, 4) is 5.75 Å². The minimum Gasteiger partial charge on any atom is -0.490 e. The lowest BCUT2D eigenvalue weighted by atomic mass is 9.90. The lowest BCUT2D eigenvalue weighted by Gasteiger charge is -2.21. The Morgan fingerprint density at radius 1 is 1.33 bits per heavy atom. The number of hydrogen-bond donors (Lipinski definition) is 1. The van der Waals surface area contributed by atoms with Crippen LogP contribution in [-0.4, -0.2) is 11.7 Å². The summed E-state index contributed by atoms with van der Waals surface area (Å²) in [6, 6.07) is 4.67. The molecule has 1 fully saturated rings. The van der Waals surface area contributed by atoms with Crippen molar-refractivity contribution in [2.45, 2.75) is 45.1 Å². The van der Waals surface area contributed by atoms with E-state index in [9.17, 15) is 9.50 Å². The number of rotatable bonds is 4. The second-order valence-electron chi connectivity index (χ2n) is 5.18. The SMILES string of the molecule is C[C@H](O)c1ccc(OCC2CCCCC2)c(F)c1. The van der Waals surface area contributed by atoms with Gasteiger partial charge in [-0.25, -0.2) is 4.39 Å². The van der Waals surface area contributed by atoms with E-state index in [1.807, 2.05) is 0 Å². The molecule has 0 unspecified atom stereocenters. The number of hydrogen-bond acceptors (Lipinski definition) is 2. The number of aliphatic hydroxyl groups is 1. The molecule has 18 heavy (non-hydrogen) atoms. The van der Waals surface area contributed by atoms with Gasteiger partial charge in [0.05, 0.1) is 12.7 Å². The molecule has 2 nitrogen and oxygen atoms in total. The van der Waals surface area contributed by atoms with Crippen molar-refractivity contribution in [2.75, 3.05) is 6.61 Å². The van der Waals surface area contributed by atoms with Crippen molar-refractivity contribution in [3.05, 3.63) is 29.6 Å². The maximum Gasteiger partial charge on any atom is 0.165 e. The molecule has 2 rings (SSSR count). The Balaban J connectivity index is 1.92. The van der Waals surface area contributed by atoms with Crippen LogP contribution in [0.25, 0.3) is 0 Å². The number of ether oxygens (including phenoxy) is 1. The zero-order valence-electron chi connectivity index (χ0n) is 10.9. The molecular formula is C15H21FO2. The third kappa shape index (κ3) is 3.45. The van der Waals surface area contributed by atoms with E-state index in [-0.39, 0.29) is 5.82 Å². The molecule has 0 bridgehead atoms. The highest BCUT2D eigenvalue weighted by Gasteiger charge is 2.15. The van der Waals surface area contributed by atoms with Gasteiger partial charge in [0, 0.05) is 0 Å². The summed E-state index contributed by atoms with van der Waals surface area (Å²) in [7, 11) is 0. The second kappa shape index (κ2) is 6.19.